The number of hydrazone groups is 1. The van der Waals surface area contributed by atoms with Gasteiger partial charge in [0.1, 0.15) is 11.9 Å². The number of fused-ring (bicyclic) bond motifs is 1. The van der Waals surface area contributed by atoms with Crippen molar-refractivity contribution in [3.8, 4) is 5.75 Å². The van der Waals surface area contributed by atoms with Crippen LogP contribution in [0, 0.1) is 17.0 Å². The first-order valence-corrected chi connectivity index (χ1v) is 11.4. The highest BCUT2D eigenvalue weighted by atomic mass is 16.6. The fourth-order valence-electron chi connectivity index (χ4n) is 4.08. The quantitative estimate of drug-likeness (QED) is 0.391. The topological polar surface area (TPSA) is 118 Å². The third-order valence-corrected chi connectivity index (χ3v) is 5.89. The van der Waals surface area contributed by atoms with Gasteiger partial charge in [-0.15, -0.1) is 0 Å². The standard InChI is InChI=1S/C27H23N5O4/c1-17-10-11-24-22(12-17)23(15-25(36-24)18-6-3-2-4-7-18)30-31-26-13-19(16-28-26)27(33)29-20-8-5-9-21(14-20)32(34)35/h2-14,16,25-26,31H,15H2,1H3,(H,29,33)/b30-23+. The molecule has 9 heteroatoms. The number of aliphatic imine (C=N–C) groups is 1. The zero-order valence-electron chi connectivity index (χ0n) is 19.4. The number of benzene rings is 3. The molecule has 2 aliphatic heterocycles. The minimum Gasteiger partial charge on any atom is -0.485 e. The van der Waals surface area contributed by atoms with Gasteiger partial charge < -0.3 is 10.1 Å². The molecule has 0 aromatic heterocycles. The zero-order chi connectivity index (χ0) is 25.1. The number of ether oxygens (including phenoxy) is 1. The molecule has 0 fully saturated rings. The summed E-state index contributed by atoms with van der Waals surface area (Å²) in [5.41, 5.74) is 7.54. The highest BCUT2D eigenvalue weighted by Crippen LogP contribution is 2.35. The third-order valence-electron chi connectivity index (χ3n) is 5.89. The monoisotopic (exact) mass is 481 g/mol. The Balaban J connectivity index is 1.31. The number of nitro groups is 1. The Morgan fingerprint density at radius 3 is 2.75 bits per heavy atom. The van der Waals surface area contributed by atoms with E-state index in [1.165, 1.54) is 24.4 Å². The van der Waals surface area contributed by atoms with Crippen LogP contribution in [0.4, 0.5) is 11.4 Å². The maximum atomic E-state index is 12.6. The second-order valence-electron chi connectivity index (χ2n) is 8.52. The first-order chi connectivity index (χ1) is 17.5. The summed E-state index contributed by atoms with van der Waals surface area (Å²) in [4.78, 5) is 27.4. The van der Waals surface area contributed by atoms with Crippen LogP contribution in [-0.2, 0) is 4.79 Å². The summed E-state index contributed by atoms with van der Waals surface area (Å²) in [6.45, 7) is 2.02. The second kappa shape index (κ2) is 9.83. The number of nitro benzene ring substituents is 1. The number of nitrogens with one attached hydrogen (secondary N) is 2. The maximum Gasteiger partial charge on any atom is 0.271 e. The highest BCUT2D eigenvalue weighted by molar-refractivity contribution is 6.18. The molecular formula is C27H23N5O4. The number of aryl methyl sites for hydroxylation is 1. The van der Waals surface area contributed by atoms with Gasteiger partial charge in [0, 0.05) is 36.0 Å². The molecule has 0 saturated carbocycles. The van der Waals surface area contributed by atoms with Crippen LogP contribution in [0.5, 0.6) is 5.75 Å². The summed E-state index contributed by atoms with van der Waals surface area (Å²) in [5.74, 6) is 0.358. The number of hydrogen-bond donors (Lipinski definition) is 2. The number of non-ortho nitro benzene ring substituents is 1. The third kappa shape index (κ3) is 5.00. The van der Waals surface area contributed by atoms with E-state index in [0.29, 0.717) is 17.7 Å². The smallest absolute Gasteiger partial charge is 0.271 e. The summed E-state index contributed by atoms with van der Waals surface area (Å²) >= 11 is 0. The molecule has 2 unspecified atom stereocenters. The Morgan fingerprint density at radius 1 is 1.11 bits per heavy atom. The van der Waals surface area contributed by atoms with E-state index in [-0.39, 0.29) is 11.8 Å². The van der Waals surface area contributed by atoms with Crippen LogP contribution in [0.15, 0.2) is 94.5 Å². The molecule has 2 N–H and O–H groups in total. The van der Waals surface area contributed by atoms with Crippen LogP contribution >= 0.6 is 0 Å². The first-order valence-electron chi connectivity index (χ1n) is 11.4. The SMILES string of the molecule is Cc1ccc2c(c1)/C(=N/NC1C=C(C(=O)Nc3cccc([N+](=O)[O-])c3)C=N1)CC(c1ccccc1)O2. The molecule has 1 amide bonds. The van der Waals surface area contributed by atoms with Crippen LogP contribution in [-0.4, -0.2) is 28.9 Å². The Hall–Kier alpha value is -4.79. The number of hydrogen-bond acceptors (Lipinski definition) is 7. The first kappa shape index (κ1) is 23.0. The number of amides is 1. The van der Waals surface area contributed by atoms with Gasteiger partial charge >= 0.3 is 0 Å². The molecule has 9 nitrogen and oxygen atoms in total. The van der Waals surface area contributed by atoms with Gasteiger partial charge in [0.25, 0.3) is 11.6 Å². The predicted octanol–water partition coefficient (Wildman–Crippen LogP) is 4.70. The van der Waals surface area contributed by atoms with Crippen molar-refractivity contribution >= 4 is 29.2 Å². The Bertz CT molecular complexity index is 1410. The minimum atomic E-state index is -0.519. The molecule has 36 heavy (non-hydrogen) atoms. The van der Waals surface area contributed by atoms with E-state index in [0.717, 1.165) is 28.2 Å². The Labute approximate surface area is 207 Å². The molecule has 5 rings (SSSR count). The molecule has 0 bridgehead atoms. The lowest BCUT2D eigenvalue weighted by Gasteiger charge is -2.28. The molecule has 0 aliphatic carbocycles. The lowest BCUT2D eigenvalue weighted by atomic mass is 9.94. The summed E-state index contributed by atoms with van der Waals surface area (Å²) < 4.78 is 6.26. The van der Waals surface area contributed by atoms with E-state index in [1.807, 2.05) is 55.5 Å². The summed E-state index contributed by atoms with van der Waals surface area (Å²) in [7, 11) is 0. The summed E-state index contributed by atoms with van der Waals surface area (Å²) in [5, 5.41) is 18.3. The molecule has 180 valence electrons. The van der Waals surface area contributed by atoms with Crippen molar-refractivity contribution in [2.75, 3.05) is 5.32 Å². The van der Waals surface area contributed by atoms with Crippen LogP contribution in [0.25, 0.3) is 0 Å². The van der Waals surface area contributed by atoms with Crippen LogP contribution in [0.2, 0.25) is 0 Å². The van der Waals surface area contributed by atoms with E-state index in [9.17, 15) is 14.9 Å². The molecule has 2 atom stereocenters. The van der Waals surface area contributed by atoms with Gasteiger partial charge in [0.2, 0.25) is 0 Å². The molecule has 2 heterocycles. The van der Waals surface area contributed by atoms with Gasteiger partial charge in [0.15, 0.2) is 6.17 Å². The van der Waals surface area contributed by atoms with Crippen molar-refractivity contribution in [2.45, 2.75) is 25.6 Å². The number of rotatable bonds is 6. The largest absolute Gasteiger partial charge is 0.485 e. The van der Waals surface area contributed by atoms with E-state index >= 15 is 0 Å². The van der Waals surface area contributed by atoms with Gasteiger partial charge in [-0.1, -0.05) is 48.0 Å². The Morgan fingerprint density at radius 2 is 1.94 bits per heavy atom. The van der Waals surface area contributed by atoms with E-state index < -0.39 is 17.0 Å². The predicted molar refractivity (Wildman–Crippen MR) is 137 cm³/mol. The van der Waals surface area contributed by atoms with Gasteiger partial charge in [-0.05, 0) is 36.8 Å². The summed E-state index contributed by atoms with van der Waals surface area (Å²) in [6, 6.07) is 21.8. The van der Waals surface area contributed by atoms with Crippen LogP contribution in [0.3, 0.4) is 0 Å². The molecule has 0 saturated heterocycles. The van der Waals surface area contributed by atoms with E-state index in [4.69, 9.17) is 4.74 Å². The molecule has 0 radical (unpaired) electrons. The minimum absolute atomic E-state index is 0.0991. The van der Waals surface area contributed by atoms with Crippen molar-refractivity contribution in [1.29, 1.82) is 0 Å². The maximum absolute atomic E-state index is 12.6. The number of carbonyl (C=O) groups excluding carboxylic acids is 1. The number of nitrogens with zero attached hydrogens (tertiary/aromatic N) is 3. The van der Waals surface area contributed by atoms with Crippen molar-refractivity contribution < 1.29 is 14.5 Å². The number of carbonyl (C=O) groups is 1. The second-order valence-corrected chi connectivity index (χ2v) is 8.52. The summed E-state index contributed by atoms with van der Waals surface area (Å²) in [6.07, 6.45) is 3.00. The van der Waals surface area contributed by atoms with Crippen molar-refractivity contribution in [3.05, 3.63) is 111 Å². The molecule has 3 aromatic rings. The number of anilines is 1. The lowest BCUT2D eigenvalue weighted by Crippen LogP contribution is -2.26. The fourth-order valence-corrected chi connectivity index (χ4v) is 4.08. The van der Waals surface area contributed by atoms with Gasteiger partial charge in [-0.2, -0.15) is 5.10 Å². The van der Waals surface area contributed by atoms with Crippen molar-refractivity contribution in [3.63, 3.8) is 0 Å². The normalized spacial score (nSPS) is 19.2. The van der Waals surface area contributed by atoms with Gasteiger partial charge in [-0.25, -0.2) is 0 Å². The molecule has 0 spiro atoms. The van der Waals surface area contributed by atoms with E-state index in [1.54, 1.807) is 12.1 Å². The van der Waals surface area contributed by atoms with Gasteiger partial charge in [0.05, 0.1) is 16.2 Å². The van der Waals surface area contributed by atoms with Crippen molar-refractivity contribution in [2.24, 2.45) is 10.1 Å². The average Bonchev–Trinajstić information content (AvgIpc) is 3.37. The van der Waals surface area contributed by atoms with Gasteiger partial charge in [-0.3, -0.25) is 25.3 Å². The highest BCUT2D eigenvalue weighted by Gasteiger charge is 2.27. The van der Waals surface area contributed by atoms with Crippen molar-refractivity contribution in [1.82, 2.24) is 5.43 Å². The average molecular weight is 482 g/mol. The lowest BCUT2D eigenvalue weighted by molar-refractivity contribution is -0.384. The molecule has 2 aliphatic rings. The Kier molecular flexibility index (Phi) is 6.27. The molecule has 3 aromatic carbocycles. The van der Waals surface area contributed by atoms with Crippen LogP contribution < -0.4 is 15.5 Å². The van der Waals surface area contributed by atoms with Crippen LogP contribution in [0.1, 0.15) is 29.2 Å². The molecular weight excluding hydrogens is 458 g/mol. The zero-order valence-corrected chi connectivity index (χ0v) is 19.4. The fraction of sp³-hybridized carbons (Fsp3) is 0.148. The van der Waals surface area contributed by atoms with E-state index in [2.05, 4.69) is 20.8 Å².